The first-order valence-corrected chi connectivity index (χ1v) is 9.79. The number of benzene rings is 1. The van der Waals surface area contributed by atoms with Crippen molar-refractivity contribution in [3.8, 4) is 11.3 Å². The molecule has 140 valence electrons. The minimum Gasteiger partial charge on any atom is -0.460 e. The number of piperidine rings is 2. The van der Waals surface area contributed by atoms with E-state index in [1.807, 2.05) is 0 Å². The van der Waals surface area contributed by atoms with Crippen LogP contribution in [-0.2, 0) is 6.54 Å². The second-order valence-electron chi connectivity index (χ2n) is 8.24. The molecule has 1 N–H and O–H groups in total. The van der Waals surface area contributed by atoms with Crippen molar-refractivity contribution < 1.29 is 9.52 Å². The highest BCUT2D eigenvalue weighted by atomic mass is 16.3. The average Bonchev–Trinajstić information content (AvgIpc) is 3.11. The van der Waals surface area contributed by atoms with Crippen molar-refractivity contribution in [2.75, 3.05) is 33.3 Å². The molecule has 0 spiro atoms. The first-order chi connectivity index (χ1) is 12.6. The number of fused-ring (bicyclic) bond motifs is 1. The molecule has 4 nitrogen and oxygen atoms in total. The second-order valence-corrected chi connectivity index (χ2v) is 8.24. The van der Waals surface area contributed by atoms with Gasteiger partial charge in [-0.15, -0.1) is 0 Å². The van der Waals surface area contributed by atoms with E-state index in [1.165, 1.54) is 12.0 Å². The van der Waals surface area contributed by atoms with E-state index < -0.39 is 0 Å². The van der Waals surface area contributed by atoms with Crippen LogP contribution in [0.1, 0.15) is 30.6 Å². The summed E-state index contributed by atoms with van der Waals surface area (Å²) >= 11 is 0. The van der Waals surface area contributed by atoms with Gasteiger partial charge >= 0.3 is 0 Å². The summed E-state index contributed by atoms with van der Waals surface area (Å²) in [6, 6.07) is 13.1. The van der Waals surface area contributed by atoms with Gasteiger partial charge < -0.3 is 14.4 Å². The standard InChI is InChI=1S/C22H30N2O2/c1-17-4-6-18(7-5-17)20-9-8-19(26-20)14-24-13-11-22(16-25)10-3-12-23(2)21(22)15-24/h4-9,21,25H,3,10-16H2,1-2H3/t21-,22-/m1/s1. The zero-order valence-electron chi connectivity index (χ0n) is 15.9. The highest BCUT2D eigenvalue weighted by Gasteiger charge is 2.46. The Morgan fingerprint density at radius 1 is 1.12 bits per heavy atom. The average molecular weight is 354 g/mol. The van der Waals surface area contributed by atoms with Gasteiger partial charge in [0, 0.05) is 23.6 Å². The van der Waals surface area contributed by atoms with Gasteiger partial charge in [-0.2, -0.15) is 0 Å². The second kappa shape index (κ2) is 7.18. The molecule has 26 heavy (non-hydrogen) atoms. The molecule has 0 radical (unpaired) electrons. The summed E-state index contributed by atoms with van der Waals surface area (Å²) in [6.07, 6.45) is 3.43. The van der Waals surface area contributed by atoms with Crippen molar-refractivity contribution in [3.05, 3.63) is 47.7 Å². The summed E-state index contributed by atoms with van der Waals surface area (Å²) in [5.74, 6) is 1.96. The fraction of sp³-hybridized carbons (Fsp3) is 0.545. The molecule has 0 bridgehead atoms. The number of likely N-dealkylation sites (tertiary alicyclic amines) is 2. The maximum absolute atomic E-state index is 10.1. The summed E-state index contributed by atoms with van der Waals surface area (Å²) in [7, 11) is 2.21. The van der Waals surface area contributed by atoms with Crippen LogP contribution in [0, 0.1) is 12.3 Å². The Morgan fingerprint density at radius 3 is 2.69 bits per heavy atom. The zero-order valence-corrected chi connectivity index (χ0v) is 15.9. The molecule has 0 amide bonds. The smallest absolute Gasteiger partial charge is 0.134 e. The molecule has 3 heterocycles. The summed E-state index contributed by atoms with van der Waals surface area (Å²) in [5.41, 5.74) is 2.49. The minimum absolute atomic E-state index is 0.0969. The Labute approximate surface area is 156 Å². The molecule has 0 unspecified atom stereocenters. The van der Waals surface area contributed by atoms with Crippen LogP contribution in [0.3, 0.4) is 0 Å². The third-order valence-electron chi connectivity index (χ3n) is 6.47. The number of aryl methyl sites for hydroxylation is 1. The van der Waals surface area contributed by atoms with Gasteiger partial charge in [0.2, 0.25) is 0 Å². The van der Waals surface area contributed by atoms with E-state index in [0.29, 0.717) is 12.6 Å². The highest BCUT2D eigenvalue weighted by Crippen LogP contribution is 2.41. The lowest BCUT2D eigenvalue weighted by Crippen LogP contribution is -2.61. The quantitative estimate of drug-likeness (QED) is 0.912. The van der Waals surface area contributed by atoms with Crippen molar-refractivity contribution in [2.24, 2.45) is 5.41 Å². The van der Waals surface area contributed by atoms with Gasteiger partial charge in [-0.25, -0.2) is 0 Å². The minimum atomic E-state index is 0.0969. The number of rotatable bonds is 4. The van der Waals surface area contributed by atoms with E-state index in [1.54, 1.807) is 0 Å². The lowest BCUT2D eigenvalue weighted by atomic mass is 9.69. The number of aliphatic hydroxyl groups is 1. The molecule has 1 aromatic carbocycles. The topological polar surface area (TPSA) is 39.9 Å². The van der Waals surface area contributed by atoms with E-state index in [-0.39, 0.29) is 5.41 Å². The van der Waals surface area contributed by atoms with E-state index in [4.69, 9.17) is 4.42 Å². The van der Waals surface area contributed by atoms with Gasteiger partial charge in [0.05, 0.1) is 13.2 Å². The molecule has 0 aliphatic carbocycles. The first-order valence-electron chi connectivity index (χ1n) is 9.79. The monoisotopic (exact) mass is 354 g/mol. The molecule has 4 heteroatoms. The number of aliphatic hydroxyl groups excluding tert-OH is 1. The van der Waals surface area contributed by atoms with Gasteiger partial charge in [-0.3, -0.25) is 4.90 Å². The largest absolute Gasteiger partial charge is 0.460 e. The predicted octanol–water partition coefficient (Wildman–Crippen LogP) is 3.53. The van der Waals surface area contributed by atoms with Crippen molar-refractivity contribution >= 4 is 0 Å². The van der Waals surface area contributed by atoms with E-state index in [9.17, 15) is 5.11 Å². The molecular weight excluding hydrogens is 324 g/mol. The molecule has 0 saturated carbocycles. The number of nitrogens with zero attached hydrogens (tertiary/aromatic N) is 2. The van der Waals surface area contributed by atoms with Gasteiger partial charge in [-0.1, -0.05) is 29.8 Å². The van der Waals surface area contributed by atoms with Crippen LogP contribution < -0.4 is 0 Å². The summed E-state index contributed by atoms with van der Waals surface area (Å²) in [6.45, 7) is 6.44. The van der Waals surface area contributed by atoms with Crippen LogP contribution >= 0.6 is 0 Å². The van der Waals surface area contributed by atoms with Crippen LogP contribution in [0.5, 0.6) is 0 Å². The van der Waals surface area contributed by atoms with Crippen molar-refractivity contribution in [1.82, 2.24) is 9.80 Å². The van der Waals surface area contributed by atoms with Crippen molar-refractivity contribution in [2.45, 2.75) is 38.8 Å². The third kappa shape index (κ3) is 3.34. The van der Waals surface area contributed by atoms with Crippen molar-refractivity contribution in [3.63, 3.8) is 0 Å². The Balaban J connectivity index is 1.44. The van der Waals surface area contributed by atoms with E-state index >= 15 is 0 Å². The zero-order chi connectivity index (χ0) is 18.1. The van der Waals surface area contributed by atoms with Crippen LogP contribution in [0.4, 0.5) is 0 Å². The number of furan rings is 1. The third-order valence-corrected chi connectivity index (χ3v) is 6.47. The summed E-state index contributed by atoms with van der Waals surface area (Å²) in [5, 5.41) is 10.1. The van der Waals surface area contributed by atoms with Crippen LogP contribution in [-0.4, -0.2) is 54.2 Å². The van der Waals surface area contributed by atoms with Crippen LogP contribution in [0.2, 0.25) is 0 Å². The molecular formula is C22H30N2O2. The maximum atomic E-state index is 10.1. The summed E-state index contributed by atoms with van der Waals surface area (Å²) in [4.78, 5) is 4.93. The van der Waals surface area contributed by atoms with Crippen LogP contribution in [0.15, 0.2) is 40.8 Å². The highest BCUT2D eigenvalue weighted by molar-refractivity contribution is 5.57. The molecule has 4 rings (SSSR count). The Kier molecular flexibility index (Phi) is 4.91. The van der Waals surface area contributed by atoms with Gasteiger partial charge in [0.1, 0.15) is 11.5 Å². The lowest BCUT2D eigenvalue weighted by molar-refractivity contribution is -0.0694. The molecule has 2 atom stereocenters. The Bertz CT molecular complexity index is 739. The number of hydrogen-bond acceptors (Lipinski definition) is 4. The number of hydrogen-bond donors (Lipinski definition) is 1. The van der Waals surface area contributed by atoms with Crippen molar-refractivity contribution in [1.29, 1.82) is 0 Å². The first kappa shape index (κ1) is 17.8. The normalized spacial score (nSPS) is 27.4. The fourth-order valence-corrected chi connectivity index (χ4v) is 4.78. The fourth-order valence-electron chi connectivity index (χ4n) is 4.78. The molecule has 2 aliphatic heterocycles. The molecule has 1 aromatic heterocycles. The molecule has 2 saturated heterocycles. The number of likely N-dealkylation sites (N-methyl/N-ethyl adjacent to an activating group) is 1. The maximum Gasteiger partial charge on any atom is 0.134 e. The Hall–Kier alpha value is -1.62. The van der Waals surface area contributed by atoms with E-state index in [2.05, 4.69) is 60.2 Å². The summed E-state index contributed by atoms with van der Waals surface area (Å²) < 4.78 is 6.12. The van der Waals surface area contributed by atoms with Gasteiger partial charge in [0.15, 0.2) is 0 Å². The SMILES string of the molecule is Cc1ccc(-c2ccc(CN3CC[C@@]4(CO)CCCN(C)[C@@H]4C3)o2)cc1. The molecule has 2 aliphatic rings. The lowest BCUT2D eigenvalue weighted by Gasteiger charge is -2.53. The van der Waals surface area contributed by atoms with Crippen LogP contribution in [0.25, 0.3) is 11.3 Å². The molecule has 2 aromatic rings. The van der Waals surface area contributed by atoms with Gasteiger partial charge in [0.25, 0.3) is 0 Å². The molecule has 2 fully saturated rings. The predicted molar refractivity (Wildman–Crippen MR) is 104 cm³/mol. The van der Waals surface area contributed by atoms with E-state index in [0.717, 1.165) is 56.1 Å². The van der Waals surface area contributed by atoms with Gasteiger partial charge in [-0.05, 0) is 58.5 Å². The Morgan fingerprint density at radius 2 is 1.92 bits per heavy atom.